The molecule has 1 aromatic heterocycles. The molecule has 1 fully saturated rings. The summed E-state index contributed by atoms with van der Waals surface area (Å²) in [6.45, 7) is 3.97. The van der Waals surface area contributed by atoms with E-state index in [1.807, 2.05) is 13.0 Å². The molecule has 0 radical (unpaired) electrons. The van der Waals surface area contributed by atoms with Crippen LogP contribution in [0, 0.1) is 0 Å². The fourth-order valence-corrected chi connectivity index (χ4v) is 4.18. The summed E-state index contributed by atoms with van der Waals surface area (Å²) in [4.78, 5) is 21.3. The molecule has 9 nitrogen and oxygen atoms in total. The van der Waals surface area contributed by atoms with Gasteiger partial charge in [-0.3, -0.25) is 9.82 Å². The molecule has 10 heteroatoms. The number of amides is 2. The number of hydrogen-bond donors (Lipinski definition) is 4. The highest BCUT2D eigenvalue weighted by atomic mass is 32.2. The summed E-state index contributed by atoms with van der Waals surface area (Å²) in [6, 6.07) is 8.69. The Kier molecular flexibility index (Phi) is 6.25. The molecular formula is C18H23N5O4S. The number of carbonyl (C=O) groups is 1. The van der Waals surface area contributed by atoms with Gasteiger partial charge in [0.2, 0.25) is 10.0 Å². The molecule has 28 heavy (non-hydrogen) atoms. The first-order valence-electron chi connectivity index (χ1n) is 8.82. The molecule has 2 amide bonds. The average molecular weight is 405 g/mol. The minimum Gasteiger partial charge on any atom is -0.334 e. The number of pyridine rings is 1. The van der Waals surface area contributed by atoms with E-state index >= 15 is 0 Å². The maximum Gasteiger partial charge on any atom is 0.319 e. The molecular weight excluding hydrogens is 382 g/mol. The van der Waals surface area contributed by atoms with E-state index in [1.165, 1.54) is 24.3 Å². The van der Waals surface area contributed by atoms with Crippen molar-refractivity contribution in [2.75, 3.05) is 5.32 Å². The van der Waals surface area contributed by atoms with Gasteiger partial charge >= 0.3 is 6.03 Å². The number of hydroxylamine groups is 1. The lowest BCUT2D eigenvalue weighted by atomic mass is 10.1. The molecule has 3 atom stereocenters. The van der Waals surface area contributed by atoms with Gasteiger partial charge in [0.1, 0.15) is 0 Å². The highest BCUT2D eigenvalue weighted by molar-refractivity contribution is 7.89. The van der Waals surface area contributed by atoms with Crippen molar-refractivity contribution in [2.45, 2.75) is 43.5 Å². The Morgan fingerprint density at radius 1 is 1.21 bits per heavy atom. The first kappa shape index (κ1) is 20.2. The second-order valence-electron chi connectivity index (χ2n) is 6.57. The zero-order chi connectivity index (χ0) is 20.1. The van der Waals surface area contributed by atoms with E-state index in [4.69, 9.17) is 4.84 Å². The van der Waals surface area contributed by atoms with Gasteiger partial charge in [-0.1, -0.05) is 6.07 Å². The molecule has 3 unspecified atom stereocenters. The van der Waals surface area contributed by atoms with E-state index in [1.54, 1.807) is 25.4 Å². The Morgan fingerprint density at radius 2 is 1.96 bits per heavy atom. The summed E-state index contributed by atoms with van der Waals surface area (Å²) in [6.07, 6.45) is 3.04. The highest BCUT2D eigenvalue weighted by Crippen LogP contribution is 2.18. The van der Waals surface area contributed by atoms with Gasteiger partial charge in [0.15, 0.2) is 0 Å². The monoisotopic (exact) mass is 405 g/mol. The molecule has 0 bridgehead atoms. The van der Waals surface area contributed by atoms with Crippen molar-refractivity contribution < 1.29 is 18.0 Å². The van der Waals surface area contributed by atoms with Crippen LogP contribution >= 0.6 is 0 Å². The lowest BCUT2D eigenvalue weighted by Crippen LogP contribution is -2.45. The molecule has 1 aromatic carbocycles. The van der Waals surface area contributed by atoms with E-state index in [0.29, 0.717) is 12.2 Å². The van der Waals surface area contributed by atoms with Crippen LogP contribution < -0.4 is 20.8 Å². The molecule has 2 heterocycles. The van der Waals surface area contributed by atoms with Gasteiger partial charge in [-0.05, 0) is 49.7 Å². The van der Waals surface area contributed by atoms with Crippen molar-refractivity contribution in [2.24, 2.45) is 0 Å². The third-order valence-corrected chi connectivity index (χ3v) is 5.85. The van der Waals surface area contributed by atoms with Crippen LogP contribution in [-0.4, -0.2) is 37.6 Å². The maximum atomic E-state index is 12.6. The lowest BCUT2D eigenvalue weighted by Gasteiger charge is -2.18. The summed E-state index contributed by atoms with van der Waals surface area (Å²) in [7, 11) is -3.71. The van der Waals surface area contributed by atoms with Crippen LogP contribution in [0.1, 0.15) is 19.4 Å². The fraction of sp³-hybridized carbons (Fsp3) is 0.333. The van der Waals surface area contributed by atoms with Crippen molar-refractivity contribution in [1.82, 2.24) is 20.5 Å². The van der Waals surface area contributed by atoms with Gasteiger partial charge in [0.05, 0.1) is 17.0 Å². The minimum atomic E-state index is -3.71. The molecule has 4 N–H and O–H groups in total. The fourth-order valence-electron chi connectivity index (χ4n) is 2.79. The predicted molar refractivity (Wildman–Crippen MR) is 104 cm³/mol. The second-order valence-corrected chi connectivity index (χ2v) is 8.28. The van der Waals surface area contributed by atoms with Crippen LogP contribution in [0.4, 0.5) is 10.5 Å². The van der Waals surface area contributed by atoms with Crippen LogP contribution in [0.15, 0.2) is 53.7 Å². The number of nitrogens with one attached hydrogen (secondary N) is 4. The molecule has 2 aromatic rings. The van der Waals surface area contributed by atoms with Crippen molar-refractivity contribution in [3.8, 4) is 0 Å². The molecule has 1 saturated heterocycles. The summed E-state index contributed by atoms with van der Waals surface area (Å²) >= 11 is 0. The number of anilines is 1. The van der Waals surface area contributed by atoms with Gasteiger partial charge < -0.3 is 10.6 Å². The summed E-state index contributed by atoms with van der Waals surface area (Å²) in [5, 5.41) is 5.37. The SMILES string of the molecule is CC1NOC(C)C1NS(=O)(=O)c1ccc(NC(=O)NCc2cccnc2)cc1. The number of urea groups is 1. The van der Waals surface area contributed by atoms with Crippen molar-refractivity contribution in [1.29, 1.82) is 0 Å². The summed E-state index contributed by atoms with van der Waals surface area (Å²) in [5.41, 5.74) is 4.12. The Morgan fingerprint density at radius 3 is 2.57 bits per heavy atom. The highest BCUT2D eigenvalue weighted by Gasteiger charge is 2.35. The Hall–Kier alpha value is -2.53. The Bertz CT molecular complexity index is 895. The van der Waals surface area contributed by atoms with E-state index in [-0.39, 0.29) is 23.1 Å². The number of rotatable bonds is 6. The van der Waals surface area contributed by atoms with Crippen LogP contribution in [0.2, 0.25) is 0 Å². The van der Waals surface area contributed by atoms with E-state index < -0.39 is 16.1 Å². The molecule has 0 spiro atoms. The number of sulfonamides is 1. The lowest BCUT2D eigenvalue weighted by molar-refractivity contribution is 0.0349. The van der Waals surface area contributed by atoms with Crippen molar-refractivity contribution in [3.05, 3.63) is 54.4 Å². The number of benzene rings is 1. The minimum absolute atomic E-state index is 0.111. The smallest absolute Gasteiger partial charge is 0.319 e. The number of hydrogen-bond acceptors (Lipinski definition) is 6. The first-order chi connectivity index (χ1) is 13.3. The molecule has 150 valence electrons. The van der Waals surface area contributed by atoms with Crippen LogP contribution in [-0.2, 0) is 21.4 Å². The van der Waals surface area contributed by atoms with Gasteiger partial charge in [0.25, 0.3) is 0 Å². The second kappa shape index (κ2) is 8.65. The number of aromatic nitrogens is 1. The van der Waals surface area contributed by atoms with Crippen molar-refractivity contribution in [3.63, 3.8) is 0 Å². The van der Waals surface area contributed by atoms with Crippen molar-refractivity contribution >= 4 is 21.7 Å². The molecule has 0 saturated carbocycles. The zero-order valence-corrected chi connectivity index (χ0v) is 16.4. The number of carbonyl (C=O) groups excluding carboxylic acids is 1. The standard InChI is InChI=1S/C18H23N5O4S/c1-12-17(13(2)27-22-12)23-28(25,26)16-7-5-15(6-8-16)21-18(24)20-11-14-4-3-9-19-10-14/h3-10,12-13,17,22-23H,11H2,1-2H3,(H2,20,21,24). The third kappa shape index (κ3) is 5.04. The summed E-state index contributed by atoms with van der Waals surface area (Å²) in [5.74, 6) is 0. The van der Waals surface area contributed by atoms with Gasteiger partial charge in [0, 0.05) is 30.7 Å². The average Bonchev–Trinajstić information content (AvgIpc) is 2.99. The Labute approximate surface area is 163 Å². The summed E-state index contributed by atoms with van der Waals surface area (Å²) < 4.78 is 27.8. The normalized spacial score (nSPS) is 22.0. The van der Waals surface area contributed by atoms with E-state index in [2.05, 4.69) is 25.8 Å². The Balaban J connectivity index is 1.57. The van der Waals surface area contributed by atoms with Gasteiger partial charge in [-0.15, -0.1) is 0 Å². The quantitative estimate of drug-likeness (QED) is 0.576. The molecule has 0 aliphatic carbocycles. The molecule has 3 rings (SSSR count). The zero-order valence-electron chi connectivity index (χ0n) is 15.5. The first-order valence-corrected chi connectivity index (χ1v) is 10.3. The third-order valence-electron chi connectivity index (χ3n) is 4.37. The molecule has 1 aliphatic rings. The van der Waals surface area contributed by atoms with E-state index in [0.717, 1.165) is 5.56 Å². The van der Waals surface area contributed by atoms with E-state index in [9.17, 15) is 13.2 Å². The van der Waals surface area contributed by atoms with Crippen LogP contribution in [0.5, 0.6) is 0 Å². The predicted octanol–water partition coefficient (Wildman–Crippen LogP) is 1.36. The topological polar surface area (TPSA) is 121 Å². The maximum absolute atomic E-state index is 12.6. The van der Waals surface area contributed by atoms with Crippen LogP contribution in [0.25, 0.3) is 0 Å². The largest absolute Gasteiger partial charge is 0.334 e. The number of nitrogens with zero attached hydrogens (tertiary/aromatic N) is 1. The van der Waals surface area contributed by atoms with Gasteiger partial charge in [-0.25, -0.2) is 17.9 Å². The van der Waals surface area contributed by atoms with Gasteiger partial charge in [-0.2, -0.15) is 5.48 Å². The van der Waals surface area contributed by atoms with Crippen LogP contribution in [0.3, 0.4) is 0 Å². The molecule has 1 aliphatic heterocycles.